The summed E-state index contributed by atoms with van der Waals surface area (Å²) >= 11 is 0. The number of nitrogens with zero attached hydrogens (tertiary/aromatic N) is 2. The van der Waals surface area contributed by atoms with E-state index in [2.05, 4.69) is 20.6 Å². The summed E-state index contributed by atoms with van der Waals surface area (Å²) in [7, 11) is 0. The van der Waals surface area contributed by atoms with Gasteiger partial charge in [-0.3, -0.25) is 0 Å². The zero-order valence-corrected chi connectivity index (χ0v) is 12.9. The second-order valence-corrected chi connectivity index (χ2v) is 5.65. The van der Waals surface area contributed by atoms with Crippen LogP contribution in [-0.2, 0) is 6.18 Å². The van der Waals surface area contributed by atoms with E-state index in [1.807, 2.05) is 27.7 Å². The standard InChI is InChI=1S/C14H23F3N4/c1-5-7-13(3,4)21-11-9-10(18-8-6-2)19-12(20-11)14(15,16)17/h9H,5-8H2,1-4H3,(H2,18,19,20,21). The number of anilines is 2. The normalized spacial score (nSPS) is 12.3. The highest BCUT2D eigenvalue weighted by Crippen LogP contribution is 2.29. The molecule has 2 N–H and O–H groups in total. The molecule has 1 rings (SSSR count). The van der Waals surface area contributed by atoms with Gasteiger partial charge in [-0.25, -0.2) is 9.97 Å². The molecule has 0 amide bonds. The number of hydrogen-bond acceptors (Lipinski definition) is 4. The van der Waals surface area contributed by atoms with Crippen molar-refractivity contribution in [2.24, 2.45) is 0 Å². The van der Waals surface area contributed by atoms with Gasteiger partial charge in [0.1, 0.15) is 11.6 Å². The van der Waals surface area contributed by atoms with Crippen molar-refractivity contribution in [1.29, 1.82) is 0 Å². The fraction of sp³-hybridized carbons (Fsp3) is 0.714. The second-order valence-electron chi connectivity index (χ2n) is 5.65. The molecule has 0 aliphatic carbocycles. The molecule has 4 nitrogen and oxygen atoms in total. The Morgan fingerprint density at radius 2 is 1.67 bits per heavy atom. The van der Waals surface area contributed by atoms with Crippen LogP contribution in [-0.4, -0.2) is 22.1 Å². The molecule has 0 fully saturated rings. The van der Waals surface area contributed by atoms with Crippen LogP contribution in [0, 0.1) is 0 Å². The van der Waals surface area contributed by atoms with Gasteiger partial charge in [0.05, 0.1) is 0 Å². The van der Waals surface area contributed by atoms with Gasteiger partial charge >= 0.3 is 6.18 Å². The van der Waals surface area contributed by atoms with E-state index >= 15 is 0 Å². The van der Waals surface area contributed by atoms with E-state index in [4.69, 9.17) is 0 Å². The van der Waals surface area contributed by atoms with Crippen molar-refractivity contribution in [2.45, 2.75) is 58.7 Å². The summed E-state index contributed by atoms with van der Waals surface area (Å²) in [6.07, 6.45) is -2.00. The molecule has 1 aromatic heterocycles. The zero-order chi connectivity index (χ0) is 16.1. The number of aromatic nitrogens is 2. The summed E-state index contributed by atoms with van der Waals surface area (Å²) in [5.41, 5.74) is -0.325. The lowest BCUT2D eigenvalue weighted by Crippen LogP contribution is -2.31. The van der Waals surface area contributed by atoms with Gasteiger partial charge in [-0.2, -0.15) is 13.2 Å². The second kappa shape index (κ2) is 6.95. The summed E-state index contributed by atoms with van der Waals surface area (Å²) < 4.78 is 38.6. The van der Waals surface area contributed by atoms with Crippen LogP contribution in [0.5, 0.6) is 0 Å². The summed E-state index contributed by atoms with van der Waals surface area (Å²) in [5, 5.41) is 5.93. The molecule has 0 bridgehead atoms. The van der Waals surface area contributed by atoms with Gasteiger partial charge in [0, 0.05) is 18.2 Å². The zero-order valence-electron chi connectivity index (χ0n) is 12.9. The van der Waals surface area contributed by atoms with Gasteiger partial charge in [0.25, 0.3) is 0 Å². The Morgan fingerprint density at radius 3 is 2.19 bits per heavy atom. The molecule has 120 valence electrons. The molecule has 0 aromatic carbocycles. The maximum absolute atomic E-state index is 12.9. The van der Waals surface area contributed by atoms with Crippen molar-refractivity contribution in [3.63, 3.8) is 0 Å². The molecule has 1 aromatic rings. The number of alkyl halides is 3. The molecule has 1 heterocycles. The SMILES string of the molecule is CCCNc1cc(NC(C)(C)CCC)nc(C(F)(F)F)n1. The quantitative estimate of drug-likeness (QED) is 0.788. The fourth-order valence-corrected chi connectivity index (χ4v) is 2.02. The van der Waals surface area contributed by atoms with Crippen LogP contribution in [0.4, 0.5) is 24.8 Å². The van der Waals surface area contributed by atoms with Crippen LogP contribution >= 0.6 is 0 Å². The van der Waals surface area contributed by atoms with Crippen LogP contribution in [0.15, 0.2) is 6.07 Å². The Labute approximate surface area is 123 Å². The van der Waals surface area contributed by atoms with Gasteiger partial charge in [0.2, 0.25) is 5.82 Å². The van der Waals surface area contributed by atoms with Crippen LogP contribution in [0.3, 0.4) is 0 Å². The Balaban J connectivity index is 3.07. The smallest absolute Gasteiger partial charge is 0.370 e. The first-order valence-electron chi connectivity index (χ1n) is 7.16. The first kappa shape index (κ1) is 17.5. The number of hydrogen-bond donors (Lipinski definition) is 2. The van der Waals surface area contributed by atoms with Gasteiger partial charge < -0.3 is 10.6 Å². The number of nitrogens with one attached hydrogen (secondary N) is 2. The lowest BCUT2D eigenvalue weighted by atomic mass is 9.99. The third-order valence-corrected chi connectivity index (χ3v) is 2.88. The molecule has 0 saturated heterocycles. The number of rotatable bonds is 7. The lowest BCUT2D eigenvalue weighted by molar-refractivity contribution is -0.144. The van der Waals surface area contributed by atoms with Crippen molar-refractivity contribution >= 4 is 11.6 Å². The highest BCUT2D eigenvalue weighted by atomic mass is 19.4. The Kier molecular flexibility index (Phi) is 5.80. The Morgan fingerprint density at radius 1 is 1.05 bits per heavy atom. The van der Waals surface area contributed by atoms with Gasteiger partial charge in [-0.15, -0.1) is 0 Å². The fourth-order valence-electron chi connectivity index (χ4n) is 2.02. The maximum atomic E-state index is 12.9. The van der Waals surface area contributed by atoms with E-state index < -0.39 is 12.0 Å². The van der Waals surface area contributed by atoms with E-state index in [-0.39, 0.29) is 17.2 Å². The molecule has 0 atom stereocenters. The third kappa shape index (κ3) is 5.77. The van der Waals surface area contributed by atoms with E-state index in [0.717, 1.165) is 19.3 Å². The maximum Gasteiger partial charge on any atom is 0.451 e. The molecule has 7 heteroatoms. The highest BCUT2D eigenvalue weighted by Gasteiger charge is 2.35. The van der Waals surface area contributed by atoms with Crippen LogP contribution < -0.4 is 10.6 Å². The van der Waals surface area contributed by atoms with Gasteiger partial charge in [0.15, 0.2) is 0 Å². The highest BCUT2D eigenvalue weighted by molar-refractivity contribution is 5.49. The molecular weight excluding hydrogens is 281 g/mol. The van der Waals surface area contributed by atoms with E-state index in [9.17, 15) is 13.2 Å². The van der Waals surface area contributed by atoms with Gasteiger partial charge in [-0.05, 0) is 26.7 Å². The summed E-state index contributed by atoms with van der Waals surface area (Å²) in [6, 6.07) is 1.52. The third-order valence-electron chi connectivity index (χ3n) is 2.88. The Bertz CT molecular complexity index is 458. The lowest BCUT2D eigenvalue weighted by Gasteiger charge is -2.27. The van der Waals surface area contributed by atoms with E-state index in [0.29, 0.717) is 6.54 Å². The van der Waals surface area contributed by atoms with E-state index in [1.165, 1.54) is 6.07 Å². The molecule has 0 aliphatic rings. The van der Waals surface area contributed by atoms with Crippen molar-refractivity contribution < 1.29 is 13.2 Å². The summed E-state index contributed by atoms with van der Waals surface area (Å²) in [5.74, 6) is -0.748. The summed E-state index contributed by atoms with van der Waals surface area (Å²) in [6.45, 7) is 8.39. The Hall–Kier alpha value is -1.53. The minimum atomic E-state index is -4.56. The monoisotopic (exact) mass is 304 g/mol. The minimum Gasteiger partial charge on any atom is -0.370 e. The van der Waals surface area contributed by atoms with Crippen LogP contribution in [0.1, 0.15) is 52.8 Å². The molecule has 0 unspecified atom stereocenters. The predicted octanol–water partition coefficient (Wildman–Crippen LogP) is 4.31. The minimum absolute atomic E-state index is 0.189. The molecule has 0 radical (unpaired) electrons. The molecule has 0 spiro atoms. The van der Waals surface area contributed by atoms with Crippen molar-refractivity contribution in [3.05, 3.63) is 11.9 Å². The number of halogens is 3. The largest absolute Gasteiger partial charge is 0.451 e. The molecule has 0 saturated carbocycles. The first-order valence-corrected chi connectivity index (χ1v) is 7.16. The van der Waals surface area contributed by atoms with Crippen molar-refractivity contribution in [1.82, 2.24) is 9.97 Å². The summed E-state index contributed by atoms with van der Waals surface area (Å²) in [4.78, 5) is 7.12. The van der Waals surface area contributed by atoms with Gasteiger partial charge in [-0.1, -0.05) is 20.3 Å². The topological polar surface area (TPSA) is 49.8 Å². The predicted molar refractivity (Wildman–Crippen MR) is 78.4 cm³/mol. The first-order chi connectivity index (χ1) is 9.68. The van der Waals surface area contributed by atoms with Crippen molar-refractivity contribution in [2.75, 3.05) is 17.2 Å². The molecule has 0 aliphatic heterocycles. The molecule has 21 heavy (non-hydrogen) atoms. The average Bonchev–Trinajstić information content (AvgIpc) is 2.34. The van der Waals surface area contributed by atoms with Crippen LogP contribution in [0.25, 0.3) is 0 Å². The van der Waals surface area contributed by atoms with Crippen LogP contribution in [0.2, 0.25) is 0 Å². The average molecular weight is 304 g/mol. The molecular formula is C14H23F3N4. The van der Waals surface area contributed by atoms with E-state index in [1.54, 1.807) is 0 Å². The van der Waals surface area contributed by atoms with Crippen molar-refractivity contribution in [3.8, 4) is 0 Å².